The van der Waals surface area contributed by atoms with Gasteiger partial charge in [-0.15, -0.1) is 15.3 Å². The van der Waals surface area contributed by atoms with Gasteiger partial charge in [-0.3, -0.25) is 19.3 Å². The number of hydrogen-bond donors (Lipinski definition) is 12. The van der Waals surface area contributed by atoms with E-state index in [-0.39, 0.29) is 74.0 Å². The normalized spacial score (nSPS) is 15.7. The first kappa shape index (κ1) is 90.6. The molecule has 632 valence electrons. The van der Waals surface area contributed by atoms with Crippen molar-refractivity contribution in [2.45, 2.75) is 67.0 Å². The van der Waals surface area contributed by atoms with Gasteiger partial charge in [0.25, 0.3) is 10.0 Å². The van der Waals surface area contributed by atoms with Crippen LogP contribution in [0.5, 0.6) is 28.7 Å². The maximum Gasteiger partial charge on any atom is 0.373 e. The summed E-state index contributed by atoms with van der Waals surface area (Å²) in [5, 5.41) is 99.5. The summed E-state index contributed by atoms with van der Waals surface area (Å²) in [7, 11) is -7.50. The molecular formula is C88H76ClN13O20S2. The van der Waals surface area contributed by atoms with Crippen LogP contribution in [0.25, 0.3) is 23.3 Å². The number of benzene rings is 9. The molecule has 2 heterocycles. The molecule has 11 aromatic rings. The minimum atomic E-state index is -3.88. The Balaban J connectivity index is 0.000000192. The molecule has 2 aliphatic carbocycles. The molecule has 0 radical (unpaired) electrons. The number of pyridine rings is 2. The van der Waals surface area contributed by atoms with Crippen LogP contribution in [0.3, 0.4) is 0 Å². The molecular weight excluding hydrogens is 1660 g/mol. The standard InChI is InChI=1S/C32H27ClN8O.C29H23N5O6S2.C26H26O11.CO2/c1-19-3-16-27(33)28(17-19)39-41-32-30(34)20(2)18-29(31(32)35)40-38-24-10-6-22(7-11-24)21-4-8-23(9-5-21)36-37-25-12-14-26(42)15-13-25;35-27-18-26(33-21-9-13-24(14-10-21)42(39,40)34-29-6-2-4-16-31-29)28(36)17-25(27)32-20-7-11-23(12-8-20)41(37,38)19-22-5-1-3-15-30-22;1-14-12-26(25(34)35,37-23(33)9-5-16-3-7-18(28)20(30)11-16)13-21(31)24(14)36-22(32)8-4-15-2-6-17(27)19(29)10-15;2-1-3/h3-18,42H,34-35H2,1-2H3;1-18,32-33H,19H2,(H,31,34);2-11,14,21,24,27-31H,12-13H2,1H3,(H,34,35);/b;;8-4+,9-5+;/t;;14-,21-,24+,26-;/m..1./s1. The molecule has 0 aliphatic heterocycles. The van der Waals surface area contributed by atoms with E-state index < -0.39 is 85.2 Å². The van der Waals surface area contributed by atoms with E-state index in [2.05, 4.69) is 56.0 Å². The van der Waals surface area contributed by atoms with Crippen molar-refractivity contribution in [3.05, 3.63) is 299 Å². The van der Waals surface area contributed by atoms with E-state index in [9.17, 15) is 76.6 Å². The number of ether oxygens (including phenoxy) is 2. The van der Waals surface area contributed by atoms with Gasteiger partial charge in [0.15, 0.2) is 32.8 Å². The first-order valence-electron chi connectivity index (χ1n) is 36.9. The summed E-state index contributed by atoms with van der Waals surface area (Å²) >= 11 is 6.25. The number of nitrogen functional groups attached to an aromatic ring is 2. The van der Waals surface area contributed by atoms with Crippen molar-refractivity contribution in [2.75, 3.05) is 26.8 Å². The number of hydrogen-bond acceptors (Lipinski definition) is 31. The van der Waals surface area contributed by atoms with Gasteiger partial charge in [0.05, 0.1) is 72.2 Å². The number of aromatic hydroxyl groups is 5. The fourth-order valence-corrected chi connectivity index (χ4v) is 14.4. The number of ketones is 2. The fourth-order valence-electron chi connectivity index (χ4n) is 12.0. The maximum atomic E-state index is 12.7. The predicted molar refractivity (Wildman–Crippen MR) is 459 cm³/mol. The van der Waals surface area contributed by atoms with Gasteiger partial charge < -0.3 is 67.3 Å². The SMILES string of the molecule is C[C@@H]1C[C@](OC(=O)/C=C/c2ccc(O)c(O)c2)(C(=O)O)C[C@@H](O)[C@H]1OC(=O)/C=C/c1ccc(O)c(O)c1.Cc1ccc(Cl)c(N=Nc2c(N)c(C)cc(N=Nc3ccc(-c4ccc(N=Nc5ccc(O)cc5)cc4)cc3)c2N)c1.O=C1C=C(Nc2ccc(S(=O)(=O)Nc3ccccn3)cc2)C(=O)C=C1Nc1ccc(S(=O)(=O)Cc2ccccn2)cc1.O=C=O. The lowest BCUT2D eigenvalue weighted by Gasteiger charge is -2.42. The molecule has 33 nitrogen and oxygen atoms in total. The highest BCUT2D eigenvalue weighted by atomic mass is 35.5. The van der Waals surface area contributed by atoms with Crippen molar-refractivity contribution < 1.29 is 95.6 Å². The molecule has 0 saturated heterocycles. The van der Waals surface area contributed by atoms with Crippen LogP contribution in [0, 0.1) is 19.8 Å². The highest BCUT2D eigenvalue weighted by Crippen LogP contribution is 2.43. The summed E-state index contributed by atoms with van der Waals surface area (Å²) < 4.78 is 63.5. The second-order valence-electron chi connectivity index (χ2n) is 27.4. The second kappa shape index (κ2) is 41.3. The number of aliphatic hydroxyl groups is 1. The Morgan fingerprint density at radius 2 is 1.07 bits per heavy atom. The molecule has 2 aromatic heterocycles. The number of anilines is 5. The maximum absolute atomic E-state index is 12.7. The van der Waals surface area contributed by atoms with E-state index in [0.717, 1.165) is 52.2 Å². The van der Waals surface area contributed by atoms with Gasteiger partial charge >= 0.3 is 24.1 Å². The first-order chi connectivity index (χ1) is 59.2. The summed E-state index contributed by atoms with van der Waals surface area (Å²) in [5.41, 5.74) is 20.3. The van der Waals surface area contributed by atoms with E-state index in [1.807, 2.05) is 74.5 Å². The number of allylic oxidation sites excluding steroid dienone is 2. The average Bonchev–Trinajstić information content (AvgIpc) is 0.779. The Bertz CT molecular complexity index is 6130. The molecule has 0 unspecified atom stereocenters. The van der Waals surface area contributed by atoms with Crippen LogP contribution in [0.1, 0.15) is 47.7 Å². The van der Waals surface area contributed by atoms with Crippen molar-refractivity contribution in [1.82, 2.24) is 9.97 Å². The number of nitrogens with two attached hydrogens (primary N) is 2. The number of carboxylic acid groups (broad SMARTS) is 1. The van der Waals surface area contributed by atoms with Gasteiger partial charge in [-0.25, -0.2) is 36.2 Å². The summed E-state index contributed by atoms with van der Waals surface area (Å²) in [6, 6.07) is 58.3. The number of phenols is 5. The molecule has 36 heteroatoms. The summed E-state index contributed by atoms with van der Waals surface area (Å²) in [6.45, 7) is 5.34. The molecule has 0 amide bonds. The summed E-state index contributed by atoms with van der Waals surface area (Å²) in [6.07, 6.45) is 6.77. The number of aliphatic carboxylic acids is 1. The van der Waals surface area contributed by atoms with Crippen LogP contribution in [-0.4, -0.2) is 116 Å². The molecule has 1 saturated carbocycles. The second-order valence-corrected chi connectivity index (χ2v) is 31.5. The zero-order chi connectivity index (χ0) is 89.4. The smallest absolute Gasteiger partial charge is 0.373 e. The molecule has 0 bridgehead atoms. The molecule has 4 atom stereocenters. The van der Waals surface area contributed by atoms with Crippen molar-refractivity contribution in [1.29, 1.82) is 0 Å². The number of phenolic OH excluding ortho intramolecular Hbond substituents is 5. The van der Waals surface area contributed by atoms with Gasteiger partial charge in [0.2, 0.25) is 17.2 Å². The number of rotatable bonds is 24. The number of carbonyl (C=O) groups excluding carboxylic acids is 6. The Kier molecular flexibility index (Phi) is 30.2. The zero-order valence-corrected chi connectivity index (χ0v) is 68.0. The van der Waals surface area contributed by atoms with Gasteiger partial charge in [-0.2, -0.15) is 24.9 Å². The molecule has 9 aromatic carbocycles. The number of sulfonamides is 1. The lowest BCUT2D eigenvalue weighted by molar-refractivity contribution is -0.199. The third-order valence-corrected chi connectivity index (χ3v) is 21.6. The van der Waals surface area contributed by atoms with Crippen LogP contribution in [-0.2, 0) is 68.6 Å². The predicted octanol–water partition coefficient (Wildman–Crippen LogP) is 16.2. The number of esters is 2. The molecule has 0 spiro atoms. The molecule has 14 N–H and O–H groups in total. The Labute approximate surface area is 713 Å². The monoisotopic (exact) mass is 1730 g/mol. The number of aromatic nitrogens is 2. The van der Waals surface area contributed by atoms with Crippen LogP contribution < -0.4 is 26.8 Å². The van der Waals surface area contributed by atoms with Crippen molar-refractivity contribution in [3.63, 3.8) is 0 Å². The molecule has 2 aliphatic rings. The van der Waals surface area contributed by atoms with Crippen LogP contribution in [0.2, 0.25) is 5.02 Å². The number of carbonyl (C=O) groups is 5. The number of nitrogens with zero attached hydrogens (tertiary/aromatic N) is 8. The van der Waals surface area contributed by atoms with E-state index in [0.29, 0.717) is 67.3 Å². The Morgan fingerprint density at radius 1 is 0.573 bits per heavy atom. The van der Waals surface area contributed by atoms with Crippen molar-refractivity contribution >= 4 is 142 Å². The highest BCUT2D eigenvalue weighted by molar-refractivity contribution is 7.92. The third-order valence-electron chi connectivity index (χ3n) is 18.3. The zero-order valence-electron chi connectivity index (χ0n) is 65.6. The number of aryl methyl sites for hydroxylation is 2. The largest absolute Gasteiger partial charge is 0.508 e. The number of azo groups is 3. The molecule has 1 fully saturated rings. The quantitative estimate of drug-likeness (QED) is 0.00667. The lowest BCUT2D eigenvalue weighted by atomic mass is 9.75. The topological polar surface area (TPSA) is 536 Å². The number of carboxylic acids is 1. The van der Waals surface area contributed by atoms with E-state index in [1.165, 1.54) is 116 Å². The highest BCUT2D eigenvalue weighted by Gasteiger charge is 2.53. The molecule has 13 rings (SSSR count). The van der Waals surface area contributed by atoms with E-state index in [1.54, 1.807) is 73.7 Å². The van der Waals surface area contributed by atoms with Crippen molar-refractivity contribution in [2.24, 2.45) is 36.6 Å². The fraction of sp³-hybridized carbons (Fsp3) is 0.114. The van der Waals surface area contributed by atoms with E-state index in [4.69, 9.17) is 42.1 Å². The van der Waals surface area contributed by atoms with Crippen LogP contribution in [0.4, 0.5) is 62.7 Å². The van der Waals surface area contributed by atoms with Crippen molar-refractivity contribution in [3.8, 4) is 39.9 Å². The molecule has 124 heavy (non-hydrogen) atoms. The number of aliphatic hydroxyl groups excluding tert-OH is 1. The van der Waals surface area contributed by atoms with Gasteiger partial charge in [-0.1, -0.05) is 73.1 Å². The number of sulfone groups is 1. The summed E-state index contributed by atoms with van der Waals surface area (Å²) in [5.74, 6) is -6.32. The van der Waals surface area contributed by atoms with Crippen LogP contribution in [0.15, 0.2) is 307 Å². The van der Waals surface area contributed by atoms with Crippen LogP contribution >= 0.6 is 11.6 Å². The van der Waals surface area contributed by atoms with Gasteiger partial charge in [-0.05, 0) is 223 Å². The lowest BCUT2D eigenvalue weighted by Crippen LogP contribution is -2.56. The minimum absolute atomic E-state index is 0.00345. The first-order valence-corrected chi connectivity index (χ1v) is 40.5. The Hall–Kier alpha value is -15.7. The Morgan fingerprint density at radius 3 is 1.57 bits per heavy atom. The average molecular weight is 1740 g/mol. The summed E-state index contributed by atoms with van der Waals surface area (Å²) in [4.78, 5) is 86.5. The number of nitrogens with one attached hydrogen (secondary N) is 3. The minimum Gasteiger partial charge on any atom is -0.508 e. The van der Waals surface area contributed by atoms with E-state index >= 15 is 0 Å². The van der Waals surface area contributed by atoms with Gasteiger partial charge in [0, 0.05) is 66.8 Å². The van der Waals surface area contributed by atoms with Gasteiger partial charge in [0.1, 0.15) is 34.7 Å². The number of halogens is 1. The third kappa shape index (κ3) is 25.0.